The molecule has 3 nitrogen and oxygen atoms in total. The lowest BCUT2D eigenvalue weighted by Crippen LogP contribution is -2.34. The number of likely N-dealkylation sites (N-methyl/N-ethyl adjacent to an activating group) is 1. The third kappa shape index (κ3) is 2.30. The van der Waals surface area contributed by atoms with Gasteiger partial charge in [0.1, 0.15) is 0 Å². The van der Waals surface area contributed by atoms with Gasteiger partial charge in [0.15, 0.2) is 5.69 Å². The van der Waals surface area contributed by atoms with Crippen molar-refractivity contribution in [1.82, 2.24) is 4.98 Å². The van der Waals surface area contributed by atoms with Crippen LogP contribution in [0.3, 0.4) is 0 Å². The molecule has 0 N–H and O–H groups in total. The van der Waals surface area contributed by atoms with E-state index in [9.17, 15) is 0 Å². The smallest absolute Gasteiger partial charge is 0.324 e. The second-order valence-electron chi connectivity index (χ2n) is 6.41. The summed E-state index contributed by atoms with van der Waals surface area (Å²) in [4.78, 5) is 6.88. The number of hydrogen-bond acceptors (Lipinski definition) is 2. The molecule has 114 valence electrons. The highest BCUT2D eigenvalue weighted by Gasteiger charge is 2.39. The van der Waals surface area contributed by atoms with E-state index in [1.807, 2.05) is 36.9 Å². The standard InChI is InChI=1S/C18H21ClN3/c1-12-8-9-21(4)17(20-12)11-16-18(2,3)14-10-13(19)6-7-15(14)22(16)5/h6-11H,1-5H3/q+1. The zero-order valence-corrected chi connectivity index (χ0v) is 14.4. The minimum absolute atomic E-state index is 0.104. The molecule has 1 aliphatic heterocycles. The Morgan fingerprint density at radius 2 is 2.00 bits per heavy atom. The first kappa shape index (κ1) is 15.0. The molecule has 0 spiro atoms. The van der Waals surface area contributed by atoms with Gasteiger partial charge >= 0.3 is 5.82 Å². The Hall–Kier alpha value is -1.87. The highest BCUT2D eigenvalue weighted by Crippen LogP contribution is 2.48. The number of rotatable bonds is 1. The Morgan fingerprint density at radius 3 is 2.73 bits per heavy atom. The first-order chi connectivity index (χ1) is 10.3. The van der Waals surface area contributed by atoms with Crippen molar-refractivity contribution in [3.63, 3.8) is 0 Å². The van der Waals surface area contributed by atoms with Crippen molar-refractivity contribution in [3.05, 3.63) is 58.3 Å². The number of aryl methyl sites for hydroxylation is 2. The Bertz CT molecular complexity index is 778. The second-order valence-corrected chi connectivity index (χ2v) is 6.85. The summed E-state index contributed by atoms with van der Waals surface area (Å²) >= 11 is 6.20. The minimum Gasteiger partial charge on any atom is -0.347 e. The Labute approximate surface area is 136 Å². The molecule has 0 radical (unpaired) electrons. The van der Waals surface area contributed by atoms with Gasteiger partial charge in [-0.25, -0.2) is 4.57 Å². The third-order valence-electron chi connectivity index (χ3n) is 4.45. The average Bonchev–Trinajstić information content (AvgIpc) is 2.64. The van der Waals surface area contributed by atoms with Crippen LogP contribution in [0.5, 0.6) is 0 Å². The van der Waals surface area contributed by atoms with Crippen LogP contribution in [-0.2, 0) is 12.5 Å². The van der Waals surface area contributed by atoms with Gasteiger partial charge in [-0.2, -0.15) is 0 Å². The Kier molecular flexibility index (Phi) is 3.48. The molecule has 0 bridgehead atoms. The molecule has 1 aromatic heterocycles. The molecule has 0 saturated carbocycles. The van der Waals surface area contributed by atoms with E-state index >= 15 is 0 Å². The predicted octanol–water partition coefficient (Wildman–Crippen LogP) is 3.64. The van der Waals surface area contributed by atoms with Crippen molar-refractivity contribution < 1.29 is 4.57 Å². The maximum absolute atomic E-state index is 6.20. The summed E-state index contributed by atoms with van der Waals surface area (Å²) < 4.78 is 2.04. The molecule has 1 aliphatic rings. The largest absolute Gasteiger partial charge is 0.347 e. The molecule has 0 aliphatic carbocycles. The highest BCUT2D eigenvalue weighted by molar-refractivity contribution is 6.30. The van der Waals surface area contributed by atoms with Crippen molar-refractivity contribution >= 4 is 23.4 Å². The molecular formula is C18H21ClN3+. The summed E-state index contributed by atoms with van der Waals surface area (Å²) in [5.41, 5.74) is 4.59. The van der Waals surface area contributed by atoms with Gasteiger partial charge in [-0.15, -0.1) is 0 Å². The van der Waals surface area contributed by atoms with Gasteiger partial charge in [0.25, 0.3) is 0 Å². The summed E-state index contributed by atoms with van der Waals surface area (Å²) in [5.74, 6) is 0.953. The van der Waals surface area contributed by atoms with E-state index in [0.29, 0.717) is 0 Å². The number of benzene rings is 1. The predicted molar refractivity (Wildman–Crippen MR) is 91.0 cm³/mol. The van der Waals surface area contributed by atoms with Crippen molar-refractivity contribution in [2.75, 3.05) is 11.9 Å². The van der Waals surface area contributed by atoms with E-state index in [-0.39, 0.29) is 5.41 Å². The van der Waals surface area contributed by atoms with E-state index in [0.717, 1.165) is 16.5 Å². The fraction of sp³-hybridized carbons (Fsp3) is 0.333. The quantitative estimate of drug-likeness (QED) is 0.749. The van der Waals surface area contributed by atoms with Crippen LogP contribution in [0, 0.1) is 6.92 Å². The number of nitrogens with zero attached hydrogens (tertiary/aromatic N) is 3. The molecule has 3 rings (SSSR count). The van der Waals surface area contributed by atoms with E-state index < -0.39 is 0 Å². The van der Waals surface area contributed by atoms with Crippen LogP contribution in [0.15, 0.2) is 36.2 Å². The minimum atomic E-state index is -0.104. The van der Waals surface area contributed by atoms with Crippen LogP contribution in [-0.4, -0.2) is 12.0 Å². The summed E-state index contributed by atoms with van der Waals surface area (Å²) in [6.07, 6.45) is 4.21. The van der Waals surface area contributed by atoms with Crippen LogP contribution < -0.4 is 9.47 Å². The molecular weight excluding hydrogens is 294 g/mol. The van der Waals surface area contributed by atoms with E-state index in [4.69, 9.17) is 11.6 Å². The Morgan fingerprint density at radius 1 is 1.27 bits per heavy atom. The van der Waals surface area contributed by atoms with E-state index in [2.05, 4.69) is 49.0 Å². The van der Waals surface area contributed by atoms with E-state index in [1.165, 1.54) is 16.9 Å². The zero-order valence-electron chi connectivity index (χ0n) is 13.7. The van der Waals surface area contributed by atoms with Crippen molar-refractivity contribution in [3.8, 4) is 0 Å². The first-order valence-corrected chi connectivity index (χ1v) is 7.77. The van der Waals surface area contributed by atoms with Gasteiger partial charge in [-0.3, -0.25) is 0 Å². The van der Waals surface area contributed by atoms with Gasteiger partial charge in [-0.1, -0.05) is 25.4 Å². The SMILES string of the molecule is Cc1cc[n+](C)c(C=C2N(C)c3ccc(Cl)cc3C2(C)C)n1. The fourth-order valence-electron chi connectivity index (χ4n) is 3.11. The summed E-state index contributed by atoms with van der Waals surface area (Å²) in [7, 11) is 4.12. The second kappa shape index (κ2) is 5.10. The lowest BCUT2D eigenvalue weighted by atomic mass is 9.83. The number of hydrogen-bond donors (Lipinski definition) is 0. The number of fused-ring (bicyclic) bond motifs is 1. The molecule has 22 heavy (non-hydrogen) atoms. The molecule has 0 unspecified atom stereocenters. The molecule has 2 heterocycles. The van der Waals surface area contributed by atoms with Gasteiger partial charge in [0.05, 0.1) is 19.3 Å². The molecule has 4 heteroatoms. The zero-order chi connectivity index (χ0) is 16.1. The summed E-state index contributed by atoms with van der Waals surface area (Å²) in [6.45, 7) is 6.47. The summed E-state index contributed by atoms with van der Waals surface area (Å²) in [6, 6.07) is 8.11. The number of anilines is 1. The van der Waals surface area contributed by atoms with Crippen molar-refractivity contribution in [1.29, 1.82) is 0 Å². The van der Waals surface area contributed by atoms with E-state index in [1.54, 1.807) is 0 Å². The monoisotopic (exact) mass is 314 g/mol. The lowest BCUT2D eigenvalue weighted by molar-refractivity contribution is -0.676. The molecule has 2 aromatic rings. The molecule has 0 amide bonds. The van der Waals surface area contributed by atoms with Crippen LogP contribution in [0.2, 0.25) is 5.02 Å². The van der Waals surface area contributed by atoms with Gasteiger partial charge in [0.2, 0.25) is 0 Å². The molecule has 0 atom stereocenters. The van der Waals surface area contributed by atoms with Crippen molar-refractivity contribution in [2.45, 2.75) is 26.2 Å². The van der Waals surface area contributed by atoms with Crippen LogP contribution in [0.1, 0.15) is 30.9 Å². The van der Waals surface area contributed by atoms with Gasteiger partial charge in [-0.05, 0) is 28.7 Å². The van der Waals surface area contributed by atoms with Crippen LogP contribution in [0.25, 0.3) is 6.08 Å². The lowest BCUT2D eigenvalue weighted by Gasteiger charge is -2.23. The topological polar surface area (TPSA) is 20.0 Å². The first-order valence-electron chi connectivity index (χ1n) is 7.40. The van der Waals surface area contributed by atoms with Gasteiger partial charge in [0, 0.05) is 41.9 Å². The highest BCUT2D eigenvalue weighted by atomic mass is 35.5. The normalized spacial score (nSPS) is 17.9. The summed E-state index contributed by atoms with van der Waals surface area (Å²) in [5, 5.41) is 0.778. The van der Waals surface area contributed by atoms with Crippen LogP contribution >= 0.6 is 11.6 Å². The fourth-order valence-corrected chi connectivity index (χ4v) is 3.29. The maximum Gasteiger partial charge on any atom is 0.324 e. The number of allylic oxidation sites excluding steroid dienone is 1. The van der Waals surface area contributed by atoms with Crippen molar-refractivity contribution in [2.24, 2.45) is 7.05 Å². The molecule has 0 fully saturated rings. The number of aromatic nitrogens is 2. The number of halogens is 1. The average molecular weight is 315 g/mol. The Balaban J connectivity index is 2.16. The molecule has 0 saturated heterocycles. The van der Waals surface area contributed by atoms with Gasteiger partial charge < -0.3 is 4.90 Å². The van der Waals surface area contributed by atoms with Crippen LogP contribution in [0.4, 0.5) is 5.69 Å². The molecule has 1 aromatic carbocycles. The third-order valence-corrected chi connectivity index (χ3v) is 4.69. The maximum atomic E-state index is 6.20.